The Kier molecular flexibility index (Phi) is 3.69. The smallest absolute Gasteiger partial charge is 0.244 e. The van der Waals surface area contributed by atoms with Crippen LogP contribution in [-0.2, 0) is 4.74 Å². The predicted octanol–water partition coefficient (Wildman–Crippen LogP) is 1.51. The second-order valence-electron chi connectivity index (χ2n) is 3.46. The van der Waals surface area contributed by atoms with Gasteiger partial charge in [0.05, 0.1) is 12.3 Å². The van der Waals surface area contributed by atoms with Crippen molar-refractivity contribution in [1.82, 2.24) is 15.2 Å². The summed E-state index contributed by atoms with van der Waals surface area (Å²) >= 11 is 5.60. The number of anilines is 1. The van der Waals surface area contributed by atoms with Crippen LogP contribution in [0.5, 0.6) is 0 Å². The topological polar surface area (TPSA) is 59.9 Å². The molecule has 0 bridgehead atoms. The molecule has 0 saturated carbocycles. The zero-order valence-corrected chi connectivity index (χ0v) is 9.07. The van der Waals surface area contributed by atoms with Gasteiger partial charge in [0, 0.05) is 13.2 Å². The average Bonchev–Trinajstić information content (AvgIpc) is 2.71. The molecule has 1 unspecified atom stereocenters. The van der Waals surface area contributed by atoms with Crippen LogP contribution >= 0.6 is 11.6 Å². The molecule has 1 saturated heterocycles. The molecule has 0 aliphatic carbocycles. The van der Waals surface area contributed by atoms with Crippen molar-refractivity contribution in [2.75, 3.05) is 18.5 Å². The monoisotopic (exact) mass is 228 g/mol. The van der Waals surface area contributed by atoms with Crippen LogP contribution in [0.2, 0.25) is 5.28 Å². The van der Waals surface area contributed by atoms with Crippen molar-refractivity contribution < 1.29 is 4.74 Å². The highest BCUT2D eigenvalue weighted by atomic mass is 35.5. The molecule has 0 amide bonds. The van der Waals surface area contributed by atoms with Crippen LogP contribution in [0.15, 0.2) is 6.20 Å². The van der Waals surface area contributed by atoms with E-state index in [1.165, 1.54) is 6.42 Å². The van der Waals surface area contributed by atoms with E-state index in [0.29, 0.717) is 11.9 Å². The van der Waals surface area contributed by atoms with Crippen molar-refractivity contribution >= 4 is 17.4 Å². The largest absolute Gasteiger partial charge is 0.378 e. The van der Waals surface area contributed by atoms with E-state index in [1.54, 1.807) is 6.20 Å². The number of rotatable bonds is 4. The minimum absolute atomic E-state index is 0.164. The molecule has 1 aromatic heterocycles. The van der Waals surface area contributed by atoms with Crippen LogP contribution in [0.3, 0.4) is 0 Å². The number of aromatic nitrogens is 3. The Balaban J connectivity index is 1.73. The van der Waals surface area contributed by atoms with E-state index in [2.05, 4.69) is 20.5 Å². The van der Waals surface area contributed by atoms with Crippen molar-refractivity contribution in [3.8, 4) is 0 Å². The molecule has 1 fully saturated rings. The second kappa shape index (κ2) is 5.23. The first-order valence-corrected chi connectivity index (χ1v) is 5.43. The summed E-state index contributed by atoms with van der Waals surface area (Å²) in [6.45, 7) is 1.71. The SMILES string of the molecule is Clc1nncc(NCCC2CCCO2)n1. The number of nitrogens with one attached hydrogen (secondary N) is 1. The molecule has 2 heterocycles. The summed E-state index contributed by atoms with van der Waals surface area (Å²) in [7, 11) is 0. The molecule has 2 rings (SSSR count). The first kappa shape index (κ1) is 10.6. The summed E-state index contributed by atoms with van der Waals surface area (Å²) in [5.74, 6) is 0.660. The van der Waals surface area contributed by atoms with Crippen LogP contribution < -0.4 is 5.32 Å². The second-order valence-corrected chi connectivity index (χ2v) is 3.80. The highest BCUT2D eigenvalue weighted by Gasteiger charge is 2.14. The molecule has 0 radical (unpaired) electrons. The van der Waals surface area contributed by atoms with Gasteiger partial charge < -0.3 is 10.1 Å². The molecule has 0 spiro atoms. The third-order valence-electron chi connectivity index (χ3n) is 2.33. The molecule has 1 aliphatic heterocycles. The van der Waals surface area contributed by atoms with Gasteiger partial charge in [-0.15, -0.1) is 5.10 Å². The zero-order valence-electron chi connectivity index (χ0n) is 8.32. The van der Waals surface area contributed by atoms with Gasteiger partial charge in [0.1, 0.15) is 5.82 Å². The van der Waals surface area contributed by atoms with Gasteiger partial charge in [-0.1, -0.05) is 0 Å². The summed E-state index contributed by atoms with van der Waals surface area (Å²) in [6.07, 6.45) is 5.27. The average molecular weight is 229 g/mol. The van der Waals surface area contributed by atoms with Gasteiger partial charge >= 0.3 is 0 Å². The fourth-order valence-electron chi connectivity index (χ4n) is 1.60. The Labute approximate surface area is 93.2 Å². The van der Waals surface area contributed by atoms with Crippen LogP contribution in [0.25, 0.3) is 0 Å². The Morgan fingerprint density at radius 3 is 3.27 bits per heavy atom. The van der Waals surface area contributed by atoms with Crippen molar-refractivity contribution in [2.24, 2.45) is 0 Å². The number of ether oxygens (including phenoxy) is 1. The summed E-state index contributed by atoms with van der Waals surface area (Å²) < 4.78 is 5.50. The predicted molar refractivity (Wildman–Crippen MR) is 56.9 cm³/mol. The molecule has 1 atom stereocenters. The molecule has 82 valence electrons. The Hall–Kier alpha value is -0.940. The summed E-state index contributed by atoms with van der Waals surface area (Å²) in [5.41, 5.74) is 0. The van der Waals surface area contributed by atoms with E-state index in [1.807, 2.05) is 0 Å². The van der Waals surface area contributed by atoms with E-state index >= 15 is 0 Å². The summed E-state index contributed by atoms with van der Waals surface area (Å²) in [6, 6.07) is 0. The Bertz CT molecular complexity index is 317. The molecule has 1 aromatic rings. The van der Waals surface area contributed by atoms with E-state index in [0.717, 1.165) is 26.0 Å². The quantitative estimate of drug-likeness (QED) is 0.847. The number of halogens is 1. The molecule has 15 heavy (non-hydrogen) atoms. The lowest BCUT2D eigenvalue weighted by Crippen LogP contribution is -2.13. The van der Waals surface area contributed by atoms with Crippen LogP contribution in [-0.4, -0.2) is 34.4 Å². The fraction of sp³-hybridized carbons (Fsp3) is 0.667. The lowest BCUT2D eigenvalue weighted by Gasteiger charge is -2.09. The van der Waals surface area contributed by atoms with E-state index in [4.69, 9.17) is 16.3 Å². The molecule has 1 N–H and O–H groups in total. The van der Waals surface area contributed by atoms with Gasteiger partial charge in [-0.05, 0) is 30.9 Å². The zero-order chi connectivity index (χ0) is 10.5. The third kappa shape index (κ3) is 3.28. The van der Waals surface area contributed by atoms with Gasteiger partial charge in [-0.25, -0.2) is 0 Å². The number of hydrogen-bond acceptors (Lipinski definition) is 5. The highest BCUT2D eigenvalue weighted by molar-refractivity contribution is 6.28. The molecule has 0 aromatic carbocycles. The lowest BCUT2D eigenvalue weighted by atomic mass is 10.2. The summed E-state index contributed by atoms with van der Waals surface area (Å²) in [4.78, 5) is 3.98. The Morgan fingerprint density at radius 1 is 1.60 bits per heavy atom. The molecule has 6 heteroatoms. The maximum absolute atomic E-state index is 5.60. The van der Waals surface area contributed by atoms with Crippen LogP contribution in [0, 0.1) is 0 Å². The molecule has 5 nitrogen and oxygen atoms in total. The maximum atomic E-state index is 5.60. The lowest BCUT2D eigenvalue weighted by molar-refractivity contribution is 0.107. The van der Waals surface area contributed by atoms with E-state index < -0.39 is 0 Å². The fourth-order valence-corrected chi connectivity index (χ4v) is 1.73. The van der Waals surface area contributed by atoms with Gasteiger partial charge in [0.25, 0.3) is 0 Å². The van der Waals surface area contributed by atoms with Crippen molar-refractivity contribution in [2.45, 2.75) is 25.4 Å². The van der Waals surface area contributed by atoms with Crippen LogP contribution in [0.4, 0.5) is 5.82 Å². The van der Waals surface area contributed by atoms with Gasteiger partial charge in [0.15, 0.2) is 0 Å². The Morgan fingerprint density at radius 2 is 2.53 bits per heavy atom. The minimum atomic E-state index is 0.164. The van der Waals surface area contributed by atoms with Gasteiger partial charge in [0.2, 0.25) is 5.28 Å². The number of nitrogens with zero attached hydrogens (tertiary/aromatic N) is 3. The van der Waals surface area contributed by atoms with Crippen LogP contribution in [0.1, 0.15) is 19.3 Å². The van der Waals surface area contributed by atoms with Crippen molar-refractivity contribution in [1.29, 1.82) is 0 Å². The normalized spacial score (nSPS) is 20.5. The van der Waals surface area contributed by atoms with E-state index in [-0.39, 0.29) is 5.28 Å². The first-order valence-electron chi connectivity index (χ1n) is 5.05. The first-order chi connectivity index (χ1) is 7.34. The third-order valence-corrected chi connectivity index (χ3v) is 2.49. The number of hydrogen-bond donors (Lipinski definition) is 1. The van der Waals surface area contributed by atoms with Crippen molar-refractivity contribution in [3.63, 3.8) is 0 Å². The molecule has 1 aliphatic rings. The minimum Gasteiger partial charge on any atom is -0.378 e. The van der Waals surface area contributed by atoms with Crippen molar-refractivity contribution in [3.05, 3.63) is 11.5 Å². The van der Waals surface area contributed by atoms with Gasteiger partial charge in [-0.2, -0.15) is 10.1 Å². The van der Waals surface area contributed by atoms with Gasteiger partial charge in [-0.3, -0.25) is 0 Å². The summed E-state index contributed by atoms with van der Waals surface area (Å²) in [5, 5.41) is 10.6. The maximum Gasteiger partial charge on any atom is 0.244 e. The molecular weight excluding hydrogens is 216 g/mol. The van der Waals surface area contributed by atoms with E-state index in [9.17, 15) is 0 Å². The highest BCUT2D eigenvalue weighted by Crippen LogP contribution is 2.15. The molecular formula is C9H13ClN4O. The standard InChI is InChI=1S/C9H13ClN4O/c10-9-13-8(6-12-14-9)11-4-3-7-2-1-5-15-7/h6-7H,1-5H2,(H,11,13,14).